The molecule has 0 N–H and O–H groups in total. The van der Waals surface area contributed by atoms with E-state index >= 15 is 0 Å². The molecule has 0 aliphatic rings. The maximum absolute atomic E-state index is 10.2. The number of benzene rings is 9. The Morgan fingerprint density at radius 2 is 0.855 bits per heavy atom. The highest BCUT2D eigenvalue weighted by Crippen LogP contribution is 2.44. The van der Waals surface area contributed by atoms with Gasteiger partial charge < -0.3 is 4.57 Å². The Kier molecular flexibility index (Phi) is 7.58. The van der Waals surface area contributed by atoms with Gasteiger partial charge in [0, 0.05) is 22.0 Å². The lowest BCUT2D eigenvalue weighted by Gasteiger charge is -2.18. The Hall–Kier alpha value is -7.72. The van der Waals surface area contributed by atoms with Gasteiger partial charge in [-0.15, -0.1) is 0 Å². The van der Waals surface area contributed by atoms with Crippen LogP contribution < -0.4 is 0 Å². The van der Waals surface area contributed by atoms with E-state index in [0.717, 1.165) is 55.3 Å². The molecule has 1 aromatic heterocycles. The van der Waals surface area contributed by atoms with Crippen molar-refractivity contribution >= 4 is 43.4 Å². The van der Waals surface area contributed by atoms with Crippen LogP contribution in [0.5, 0.6) is 0 Å². The van der Waals surface area contributed by atoms with Crippen LogP contribution in [0.4, 0.5) is 0 Å². The molecule has 0 unspecified atom stereocenters. The maximum Gasteiger partial charge on any atom is 0.0998 e. The Morgan fingerprint density at radius 3 is 1.47 bits per heavy atom. The van der Waals surface area contributed by atoms with E-state index < -0.39 is 0 Å². The SMILES string of the molecule is N#Cc1ccc2c(c1)c1ccccc1n2-c1ccc(-c2cc(-c3ccc(-c4c5ccccc5c(-c5ccccc5)c5ccccc45)cc3)ccc2C#N)cc1. The van der Waals surface area contributed by atoms with Gasteiger partial charge in [0.15, 0.2) is 0 Å². The average molecular weight is 698 g/mol. The second-order valence-corrected chi connectivity index (χ2v) is 13.9. The Morgan fingerprint density at radius 1 is 0.345 bits per heavy atom. The molecule has 10 aromatic rings. The molecule has 0 bridgehead atoms. The molecule has 55 heavy (non-hydrogen) atoms. The van der Waals surface area contributed by atoms with E-state index in [2.05, 4.69) is 162 Å². The highest BCUT2D eigenvalue weighted by atomic mass is 15.0. The van der Waals surface area contributed by atoms with Gasteiger partial charge >= 0.3 is 0 Å². The van der Waals surface area contributed by atoms with Crippen molar-refractivity contribution in [3.63, 3.8) is 0 Å². The Bertz CT molecular complexity index is 3140. The predicted molar refractivity (Wildman–Crippen MR) is 227 cm³/mol. The summed E-state index contributed by atoms with van der Waals surface area (Å²) < 4.78 is 2.24. The van der Waals surface area contributed by atoms with Gasteiger partial charge in [0.2, 0.25) is 0 Å². The molecule has 0 amide bonds. The summed E-state index contributed by atoms with van der Waals surface area (Å²) >= 11 is 0. The van der Waals surface area contributed by atoms with Crippen molar-refractivity contribution in [3.8, 4) is 62.3 Å². The van der Waals surface area contributed by atoms with Crippen LogP contribution in [-0.4, -0.2) is 4.57 Å². The summed E-state index contributed by atoms with van der Waals surface area (Å²) in [6.07, 6.45) is 0. The molecule has 0 saturated heterocycles. The monoisotopic (exact) mass is 697 g/mol. The number of hydrogen-bond donors (Lipinski definition) is 0. The minimum Gasteiger partial charge on any atom is -0.309 e. The Balaban J connectivity index is 1.04. The molecular formula is C52H31N3. The lowest BCUT2D eigenvalue weighted by atomic mass is 9.85. The molecule has 9 aromatic carbocycles. The fourth-order valence-electron chi connectivity index (χ4n) is 8.36. The van der Waals surface area contributed by atoms with Crippen LogP contribution >= 0.6 is 0 Å². The van der Waals surface area contributed by atoms with Gasteiger partial charge in [0.1, 0.15) is 0 Å². The summed E-state index contributed by atoms with van der Waals surface area (Å²) in [6, 6.07) is 70.3. The van der Waals surface area contributed by atoms with Gasteiger partial charge in [-0.2, -0.15) is 10.5 Å². The van der Waals surface area contributed by atoms with Crippen LogP contribution in [0.25, 0.3) is 93.5 Å². The summed E-state index contributed by atoms with van der Waals surface area (Å²) in [5.74, 6) is 0. The van der Waals surface area contributed by atoms with Crippen LogP contribution in [0.1, 0.15) is 11.1 Å². The van der Waals surface area contributed by atoms with E-state index in [4.69, 9.17) is 0 Å². The number of nitrogens with zero attached hydrogens (tertiary/aromatic N) is 3. The predicted octanol–water partition coefficient (Wildman–Crippen LogP) is 13.5. The van der Waals surface area contributed by atoms with E-state index in [0.29, 0.717) is 11.1 Å². The molecule has 3 nitrogen and oxygen atoms in total. The molecule has 0 saturated carbocycles. The first-order valence-electron chi connectivity index (χ1n) is 18.4. The highest BCUT2D eigenvalue weighted by molar-refractivity contribution is 6.21. The van der Waals surface area contributed by atoms with E-state index in [-0.39, 0.29) is 0 Å². The number of aromatic nitrogens is 1. The van der Waals surface area contributed by atoms with Gasteiger partial charge in [-0.25, -0.2) is 0 Å². The normalized spacial score (nSPS) is 11.2. The van der Waals surface area contributed by atoms with E-state index in [1.165, 1.54) is 38.2 Å². The molecule has 0 radical (unpaired) electrons. The summed E-state index contributed by atoms with van der Waals surface area (Å²) in [5.41, 5.74) is 13.3. The largest absolute Gasteiger partial charge is 0.309 e. The summed E-state index contributed by atoms with van der Waals surface area (Å²) in [4.78, 5) is 0. The average Bonchev–Trinajstić information content (AvgIpc) is 3.59. The van der Waals surface area contributed by atoms with E-state index in [1.807, 2.05) is 42.5 Å². The van der Waals surface area contributed by atoms with E-state index in [1.54, 1.807) is 0 Å². The summed E-state index contributed by atoms with van der Waals surface area (Å²) in [5, 5.41) is 26.8. The zero-order valence-corrected chi connectivity index (χ0v) is 29.7. The van der Waals surface area contributed by atoms with Crippen LogP contribution in [0.3, 0.4) is 0 Å². The number of rotatable bonds is 5. The molecular weight excluding hydrogens is 667 g/mol. The molecule has 0 spiro atoms. The van der Waals surface area contributed by atoms with Crippen LogP contribution in [0.15, 0.2) is 188 Å². The standard InChI is InChI=1S/C52H31N3/c53-32-34-18-29-50-48(30-34)42-12-8-9-17-49(42)55(50)41-27-25-36(26-28-41)47-31-39(23-24-40(47)33-54)35-19-21-38(22-20-35)52-45-15-6-4-13-43(45)51(37-10-2-1-3-11-37)44-14-5-7-16-46(44)52/h1-31H. The molecule has 0 aliphatic heterocycles. The third-order valence-electron chi connectivity index (χ3n) is 10.9. The molecule has 0 aliphatic carbocycles. The van der Waals surface area contributed by atoms with Gasteiger partial charge in [0.25, 0.3) is 0 Å². The molecule has 3 heteroatoms. The van der Waals surface area contributed by atoms with Crippen molar-refractivity contribution < 1.29 is 0 Å². The second kappa shape index (κ2) is 13.0. The smallest absolute Gasteiger partial charge is 0.0998 e. The van der Waals surface area contributed by atoms with Gasteiger partial charge in [0.05, 0.1) is 34.3 Å². The lowest BCUT2D eigenvalue weighted by Crippen LogP contribution is -1.94. The topological polar surface area (TPSA) is 52.5 Å². The number of nitriles is 2. The van der Waals surface area contributed by atoms with E-state index in [9.17, 15) is 10.5 Å². The van der Waals surface area contributed by atoms with Crippen molar-refractivity contribution in [1.29, 1.82) is 10.5 Å². The van der Waals surface area contributed by atoms with Crippen LogP contribution in [-0.2, 0) is 0 Å². The number of fused-ring (bicyclic) bond motifs is 5. The lowest BCUT2D eigenvalue weighted by molar-refractivity contribution is 1.18. The highest BCUT2D eigenvalue weighted by Gasteiger charge is 2.17. The van der Waals surface area contributed by atoms with Crippen molar-refractivity contribution in [1.82, 2.24) is 4.57 Å². The minimum atomic E-state index is 0.630. The third kappa shape index (κ3) is 5.27. The molecule has 10 rings (SSSR count). The first-order valence-corrected chi connectivity index (χ1v) is 18.4. The Labute approximate surface area is 318 Å². The van der Waals surface area contributed by atoms with Gasteiger partial charge in [-0.05, 0) is 109 Å². The zero-order valence-electron chi connectivity index (χ0n) is 29.7. The van der Waals surface area contributed by atoms with Crippen molar-refractivity contribution in [2.45, 2.75) is 0 Å². The van der Waals surface area contributed by atoms with Crippen molar-refractivity contribution in [2.75, 3.05) is 0 Å². The fraction of sp³-hybridized carbons (Fsp3) is 0. The third-order valence-corrected chi connectivity index (χ3v) is 10.9. The quantitative estimate of drug-likeness (QED) is 0.168. The summed E-state index contributed by atoms with van der Waals surface area (Å²) in [7, 11) is 0. The van der Waals surface area contributed by atoms with Crippen molar-refractivity contribution in [2.24, 2.45) is 0 Å². The van der Waals surface area contributed by atoms with Crippen LogP contribution in [0.2, 0.25) is 0 Å². The maximum atomic E-state index is 10.2. The fourth-order valence-corrected chi connectivity index (χ4v) is 8.36. The van der Waals surface area contributed by atoms with Crippen molar-refractivity contribution in [3.05, 3.63) is 199 Å². The number of hydrogen-bond acceptors (Lipinski definition) is 2. The minimum absolute atomic E-state index is 0.630. The van der Waals surface area contributed by atoms with Crippen LogP contribution in [0, 0.1) is 22.7 Å². The molecule has 254 valence electrons. The summed E-state index contributed by atoms with van der Waals surface area (Å²) in [6.45, 7) is 0. The molecule has 0 fully saturated rings. The molecule has 0 atom stereocenters. The first-order chi connectivity index (χ1) is 27.2. The zero-order chi connectivity index (χ0) is 36.9. The van der Waals surface area contributed by atoms with Gasteiger partial charge in [-0.1, -0.05) is 140 Å². The van der Waals surface area contributed by atoms with Gasteiger partial charge in [-0.3, -0.25) is 0 Å². The molecule has 1 heterocycles. The first kappa shape index (κ1) is 32.0. The number of para-hydroxylation sites is 1. The second-order valence-electron chi connectivity index (χ2n) is 13.9.